The Morgan fingerprint density at radius 3 is 2.60 bits per heavy atom. The van der Waals surface area contributed by atoms with Gasteiger partial charge < -0.3 is 15.1 Å². The minimum atomic E-state index is -4.38. The average Bonchev–Trinajstić information content (AvgIpc) is 2.84. The Bertz CT molecular complexity index is 568. The molecule has 0 bridgehead atoms. The maximum absolute atomic E-state index is 12.8. The lowest BCUT2D eigenvalue weighted by Gasteiger charge is -2.12. The quantitative estimate of drug-likeness (QED) is 0.883. The number of aromatic nitrogens is 2. The number of nitrogens with one attached hydrogen (secondary N) is 2. The first kappa shape index (κ1) is 14.3. The van der Waals surface area contributed by atoms with Gasteiger partial charge >= 0.3 is 12.2 Å². The summed E-state index contributed by atoms with van der Waals surface area (Å²) in [5.41, 5.74) is -0.559. The largest absolute Gasteiger partial charge is 0.416 e. The number of nitrogens with zero attached hydrogens (tertiary/aromatic N) is 2. The van der Waals surface area contributed by atoms with Crippen molar-refractivity contribution >= 4 is 6.01 Å². The zero-order valence-electron chi connectivity index (χ0n) is 10.7. The summed E-state index contributed by atoms with van der Waals surface area (Å²) < 4.78 is 43.6. The third-order valence-corrected chi connectivity index (χ3v) is 2.55. The molecule has 0 atom stereocenters. The molecule has 0 fully saturated rings. The van der Waals surface area contributed by atoms with Crippen LogP contribution in [0.4, 0.5) is 19.2 Å². The zero-order chi connectivity index (χ0) is 14.6. The van der Waals surface area contributed by atoms with Gasteiger partial charge in [0.05, 0.1) is 12.1 Å². The molecule has 0 radical (unpaired) electrons. The molecule has 1 heterocycles. The van der Waals surface area contributed by atoms with Gasteiger partial charge in [0.25, 0.3) is 0 Å². The van der Waals surface area contributed by atoms with E-state index < -0.39 is 11.7 Å². The average molecular weight is 286 g/mol. The highest BCUT2D eigenvalue weighted by Crippen LogP contribution is 2.32. The lowest BCUT2D eigenvalue weighted by Crippen LogP contribution is -2.11. The van der Waals surface area contributed by atoms with Crippen molar-refractivity contribution in [1.82, 2.24) is 15.5 Å². The fourth-order valence-corrected chi connectivity index (χ4v) is 1.67. The molecule has 0 aliphatic rings. The summed E-state index contributed by atoms with van der Waals surface area (Å²) in [6.07, 6.45) is -4.38. The predicted molar refractivity (Wildman–Crippen MR) is 65.8 cm³/mol. The fraction of sp³-hybridized carbons (Fsp3) is 0.333. The number of halogens is 3. The Kier molecular flexibility index (Phi) is 4.23. The van der Waals surface area contributed by atoms with Gasteiger partial charge in [0.2, 0.25) is 5.89 Å². The van der Waals surface area contributed by atoms with Crippen molar-refractivity contribution < 1.29 is 17.6 Å². The number of rotatable bonds is 5. The molecule has 2 aromatic rings. The Hall–Kier alpha value is -2.09. The van der Waals surface area contributed by atoms with E-state index >= 15 is 0 Å². The first-order valence-corrected chi connectivity index (χ1v) is 5.86. The van der Waals surface area contributed by atoms with E-state index in [0.29, 0.717) is 12.4 Å². The van der Waals surface area contributed by atoms with Crippen LogP contribution in [0.2, 0.25) is 0 Å². The molecule has 0 amide bonds. The molecule has 2 N–H and O–H groups in total. The van der Waals surface area contributed by atoms with Crippen molar-refractivity contribution in [3.63, 3.8) is 0 Å². The van der Waals surface area contributed by atoms with E-state index in [9.17, 15) is 13.2 Å². The first-order chi connectivity index (χ1) is 9.50. The SMILES string of the molecule is CNCc1nnc(NCc2ccccc2C(F)(F)F)o1. The molecule has 108 valence electrons. The van der Waals surface area contributed by atoms with Gasteiger partial charge in [0, 0.05) is 6.54 Å². The molecule has 0 aliphatic carbocycles. The summed E-state index contributed by atoms with van der Waals surface area (Å²) in [6, 6.07) is 5.43. The van der Waals surface area contributed by atoms with E-state index in [4.69, 9.17) is 4.42 Å². The number of hydrogen-bond acceptors (Lipinski definition) is 5. The zero-order valence-corrected chi connectivity index (χ0v) is 10.7. The van der Waals surface area contributed by atoms with Gasteiger partial charge in [-0.15, -0.1) is 5.10 Å². The molecule has 0 saturated carbocycles. The van der Waals surface area contributed by atoms with Crippen LogP contribution in [0.15, 0.2) is 28.7 Å². The van der Waals surface area contributed by atoms with Gasteiger partial charge in [-0.1, -0.05) is 23.3 Å². The number of benzene rings is 1. The second-order valence-corrected chi connectivity index (χ2v) is 4.04. The van der Waals surface area contributed by atoms with E-state index in [1.807, 2.05) is 0 Å². The highest BCUT2D eigenvalue weighted by molar-refractivity contribution is 5.32. The van der Waals surface area contributed by atoms with Crippen molar-refractivity contribution in [1.29, 1.82) is 0 Å². The molecular weight excluding hydrogens is 273 g/mol. The molecular formula is C12H13F3N4O. The van der Waals surface area contributed by atoms with Crippen LogP contribution in [0, 0.1) is 0 Å². The highest BCUT2D eigenvalue weighted by atomic mass is 19.4. The highest BCUT2D eigenvalue weighted by Gasteiger charge is 2.32. The van der Waals surface area contributed by atoms with Crippen LogP contribution < -0.4 is 10.6 Å². The summed E-state index contributed by atoms with van der Waals surface area (Å²) in [5.74, 6) is 0.360. The Labute approximate surface area is 113 Å². The second-order valence-electron chi connectivity index (χ2n) is 4.04. The van der Waals surface area contributed by atoms with Crippen LogP contribution in [0.3, 0.4) is 0 Å². The third kappa shape index (κ3) is 3.47. The van der Waals surface area contributed by atoms with E-state index in [1.54, 1.807) is 13.1 Å². The normalized spacial score (nSPS) is 11.6. The predicted octanol–water partition coefficient (Wildman–Crippen LogP) is 2.42. The minimum absolute atomic E-state index is 0.0448. The van der Waals surface area contributed by atoms with Gasteiger partial charge in [-0.3, -0.25) is 0 Å². The molecule has 8 heteroatoms. The lowest BCUT2D eigenvalue weighted by atomic mass is 10.1. The molecule has 0 aliphatic heterocycles. The van der Waals surface area contributed by atoms with Gasteiger partial charge in [-0.25, -0.2) is 0 Å². The Morgan fingerprint density at radius 2 is 1.90 bits per heavy atom. The summed E-state index contributed by atoms with van der Waals surface area (Å²) in [7, 11) is 1.72. The molecule has 1 aromatic heterocycles. The van der Waals surface area contributed by atoms with Crippen molar-refractivity contribution in [2.45, 2.75) is 19.3 Å². The summed E-state index contributed by atoms with van der Waals surface area (Å²) in [6.45, 7) is 0.352. The van der Waals surface area contributed by atoms with E-state index in [0.717, 1.165) is 6.07 Å². The second kappa shape index (κ2) is 5.91. The van der Waals surface area contributed by atoms with Crippen LogP contribution in [-0.2, 0) is 19.3 Å². The molecule has 1 aromatic carbocycles. The van der Waals surface area contributed by atoms with Gasteiger partial charge in [0.1, 0.15) is 0 Å². The van der Waals surface area contributed by atoms with E-state index in [2.05, 4.69) is 20.8 Å². The summed E-state index contributed by atoms with van der Waals surface area (Å²) >= 11 is 0. The molecule has 0 saturated heterocycles. The van der Waals surface area contributed by atoms with Crippen LogP contribution >= 0.6 is 0 Å². The van der Waals surface area contributed by atoms with Crippen molar-refractivity contribution in [2.75, 3.05) is 12.4 Å². The lowest BCUT2D eigenvalue weighted by molar-refractivity contribution is -0.138. The molecule has 5 nitrogen and oxygen atoms in total. The van der Waals surface area contributed by atoms with Crippen molar-refractivity contribution in [3.8, 4) is 0 Å². The fourth-order valence-electron chi connectivity index (χ4n) is 1.67. The minimum Gasteiger partial charge on any atom is -0.407 e. The first-order valence-electron chi connectivity index (χ1n) is 5.86. The topological polar surface area (TPSA) is 63.0 Å². The van der Waals surface area contributed by atoms with Gasteiger partial charge in [-0.05, 0) is 18.7 Å². The maximum Gasteiger partial charge on any atom is 0.416 e. The third-order valence-electron chi connectivity index (χ3n) is 2.55. The standard InChI is InChI=1S/C12H13F3N4O/c1-16-7-10-18-19-11(20-10)17-6-8-4-2-3-5-9(8)12(13,14)15/h2-5,16H,6-7H2,1H3,(H,17,19). The van der Waals surface area contributed by atoms with Crippen molar-refractivity contribution in [3.05, 3.63) is 41.3 Å². The van der Waals surface area contributed by atoms with Crippen LogP contribution in [0.25, 0.3) is 0 Å². The molecule has 2 rings (SSSR count). The summed E-state index contributed by atoms with van der Waals surface area (Å²) in [4.78, 5) is 0. The molecule has 0 unspecified atom stereocenters. The van der Waals surface area contributed by atoms with Crippen molar-refractivity contribution in [2.24, 2.45) is 0 Å². The van der Waals surface area contributed by atoms with Gasteiger partial charge in [0.15, 0.2) is 0 Å². The monoisotopic (exact) mass is 286 g/mol. The maximum atomic E-state index is 12.8. The Balaban J connectivity index is 2.07. The van der Waals surface area contributed by atoms with E-state index in [1.165, 1.54) is 12.1 Å². The van der Waals surface area contributed by atoms with Crippen LogP contribution in [0.5, 0.6) is 0 Å². The molecule has 20 heavy (non-hydrogen) atoms. The molecule has 0 spiro atoms. The van der Waals surface area contributed by atoms with Gasteiger partial charge in [-0.2, -0.15) is 13.2 Å². The van der Waals surface area contributed by atoms with Crippen LogP contribution in [-0.4, -0.2) is 17.2 Å². The number of anilines is 1. The Morgan fingerprint density at radius 1 is 1.15 bits per heavy atom. The van der Waals surface area contributed by atoms with Crippen LogP contribution in [0.1, 0.15) is 17.0 Å². The number of hydrogen-bond donors (Lipinski definition) is 2. The van der Waals surface area contributed by atoms with E-state index in [-0.39, 0.29) is 18.1 Å². The number of alkyl halides is 3. The summed E-state index contributed by atoms with van der Waals surface area (Å²) in [5, 5.41) is 12.9. The smallest absolute Gasteiger partial charge is 0.407 e.